The minimum atomic E-state index is -0.539. The van der Waals surface area contributed by atoms with Gasteiger partial charge in [0.25, 0.3) is 0 Å². The van der Waals surface area contributed by atoms with Crippen LogP contribution in [0.3, 0.4) is 0 Å². The number of halogens is 1. The molecular weight excluding hydrogens is 319 g/mol. The number of rotatable bonds is 8. The largest absolute Gasteiger partial charge is 0.369 e. The minimum Gasteiger partial charge on any atom is -0.369 e. The lowest BCUT2D eigenvalue weighted by Crippen LogP contribution is -2.39. The Balaban J connectivity index is 1.98. The number of nitrogens with one attached hydrogen (secondary N) is 1. The van der Waals surface area contributed by atoms with E-state index in [1.165, 1.54) is 12.1 Å². The van der Waals surface area contributed by atoms with Gasteiger partial charge in [-0.25, -0.2) is 4.39 Å². The second-order valence-corrected chi connectivity index (χ2v) is 6.05. The van der Waals surface area contributed by atoms with Crippen LogP contribution < -0.4 is 11.1 Å². The molecule has 0 bridgehead atoms. The highest BCUT2D eigenvalue weighted by Crippen LogP contribution is 2.19. The van der Waals surface area contributed by atoms with Crippen LogP contribution >= 0.6 is 0 Å². The lowest BCUT2D eigenvalue weighted by atomic mass is 9.94. The molecule has 0 radical (unpaired) electrons. The predicted octanol–water partition coefficient (Wildman–Crippen LogP) is 2.78. The first kappa shape index (κ1) is 18.6. The van der Waals surface area contributed by atoms with Crippen LogP contribution in [0.15, 0.2) is 54.6 Å². The average molecular weight is 342 g/mol. The fraction of sp³-hybridized carbons (Fsp3) is 0.300. The van der Waals surface area contributed by atoms with Gasteiger partial charge in [-0.1, -0.05) is 49.4 Å². The molecule has 0 aliphatic rings. The molecule has 3 N–H and O–H groups in total. The Hall–Kier alpha value is -2.69. The van der Waals surface area contributed by atoms with Gasteiger partial charge in [0.1, 0.15) is 5.82 Å². The van der Waals surface area contributed by atoms with Crippen LogP contribution in [0.4, 0.5) is 4.39 Å². The second kappa shape index (κ2) is 8.97. The molecule has 2 rings (SSSR count). The van der Waals surface area contributed by atoms with Gasteiger partial charge in [-0.15, -0.1) is 0 Å². The second-order valence-electron chi connectivity index (χ2n) is 6.05. The highest BCUT2D eigenvalue weighted by atomic mass is 19.1. The maximum atomic E-state index is 13.0. The summed E-state index contributed by atoms with van der Waals surface area (Å²) in [5, 5.41) is 2.83. The lowest BCUT2D eigenvalue weighted by Gasteiger charge is -2.19. The van der Waals surface area contributed by atoms with E-state index in [2.05, 4.69) is 5.32 Å². The molecular formula is C20H23FN2O2. The Morgan fingerprint density at radius 1 is 1.08 bits per heavy atom. The van der Waals surface area contributed by atoms with Crippen LogP contribution in [-0.4, -0.2) is 18.4 Å². The number of benzene rings is 2. The van der Waals surface area contributed by atoms with Crippen molar-refractivity contribution in [2.24, 2.45) is 11.7 Å². The summed E-state index contributed by atoms with van der Waals surface area (Å²) in [6.45, 7) is 2.11. The van der Waals surface area contributed by atoms with Gasteiger partial charge < -0.3 is 11.1 Å². The zero-order valence-corrected chi connectivity index (χ0v) is 14.2. The third-order valence-corrected chi connectivity index (χ3v) is 4.25. The molecule has 0 heterocycles. The van der Waals surface area contributed by atoms with Crippen LogP contribution in [-0.2, 0) is 16.0 Å². The molecule has 0 aliphatic carbocycles. The summed E-state index contributed by atoms with van der Waals surface area (Å²) >= 11 is 0. The molecule has 0 fully saturated rings. The summed E-state index contributed by atoms with van der Waals surface area (Å²) < 4.78 is 13.0. The van der Waals surface area contributed by atoms with E-state index in [4.69, 9.17) is 5.73 Å². The molecule has 2 aromatic rings. The third-order valence-electron chi connectivity index (χ3n) is 4.25. The Kier molecular flexibility index (Phi) is 6.69. The van der Waals surface area contributed by atoms with E-state index in [0.29, 0.717) is 12.8 Å². The first-order chi connectivity index (χ1) is 12.0. The number of primary amides is 1. The molecule has 0 aromatic heterocycles. The number of hydrogen-bond donors (Lipinski definition) is 2. The van der Waals surface area contributed by atoms with Gasteiger partial charge >= 0.3 is 0 Å². The summed E-state index contributed by atoms with van der Waals surface area (Å²) in [6.07, 6.45) is 1.02. The molecule has 0 aliphatic heterocycles. The first-order valence-electron chi connectivity index (χ1n) is 8.37. The van der Waals surface area contributed by atoms with E-state index in [1.807, 2.05) is 37.3 Å². The van der Waals surface area contributed by atoms with E-state index in [1.54, 1.807) is 12.1 Å². The summed E-state index contributed by atoms with van der Waals surface area (Å²) in [6, 6.07) is 15.4. The maximum Gasteiger partial charge on any atom is 0.227 e. The highest BCUT2D eigenvalue weighted by molar-refractivity contribution is 5.84. The Morgan fingerprint density at radius 3 is 2.28 bits per heavy atom. The molecule has 0 unspecified atom stereocenters. The molecule has 0 saturated heterocycles. The normalized spacial score (nSPS) is 13.0. The molecule has 2 aromatic carbocycles. The molecule has 5 heteroatoms. The first-order valence-corrected chi connectivity index (χ1v) is 8.37. The Morgan fingerprint density at radius 2 is 1.72 bits per heavy atom. The van der Waals surface area contributed by atoms with Crippen molar-refractivity contribution < 1.29 is 14.0 Å². The van der Waals surface area contributed by atoms with Crippen LogP contribution in [0.2, 0.25) is 0 Å². The quantitative estimate of drug-likeness (QED) is 0.774. The van der Waals surface area contributed by atoms with Crippen LogP contribution in [0.25, 0.3) is 0 Å². The lowest BCUT2D eigenvalue weighted by molar-refractivity contribution is -0.124. The van der Waals surface area contributed by atoms with Gasteiger partial charge in [-0.05, 0) is 36.1 Å². The van der Waals surface area contributed by atoms with E-state index < -0.39 is 11.8 Å². The van der Waals surface area contributed by atoms with Crippen LogP contribution in [0.1, 0.15) is 30.4 Å². The summed E-state index contributed by atoms with van der Waals surface area (Å²) in [5.41, 5.74) is 7.20. The molecule has 2 amide bonds. The smallest absolute Gasteiger partial charge is 0.227 e. The van der Waals surface area contributed by atoms with Crippen molar-refractivity contribution in [1.82, 2.24) is 5.32 Å². The van der Waals surface area contributed by atoms with Crippen LogP contribution in [0, 0.1) is 11.7 Å². The van der Waals surface area contributed by atoms with E-state index in [9.17, 15) is 14.0 Å². The summed E-state index contributed by atoms with van der Waals surface area (Å²) in [4.78, 5) is 24.2. The average Bonchev–Trinajstić information content (AvgIpc) is 2.61. The highest BCUT2D eigenvalue weighted by Gasteiger charge is 2.22. The van der Waals surface area contributed by atoms with Gasteiger partial charge in [-0.3, -0.25) is 9.59 Å². The number of carbonyl (C=O) groups excluding carboxylic acids is 2. The van der Waals surface area contributed by atoms with Crippen molar-refractivity contribution in [3.8, 4) is 0 Å². The van der Waals surface area contributed by atoms with Gasteiger partial charge in [-0.2, -0.15) is 0 Å². The van der Waals surface area contributed by atoms with Gasteiger partial charge in [0, 0.05) is 6.54 Å². The number of nitrogens with two attached hydrogens (primary N) is 1. The van der Waals surface area contributed by atoms with Crippen molar-refractivity contribution >= 4 is 11.8 Å². The standard InChI is InChI=1S/C20H23FN2O2/c1-2-18(15-6-4-3-5-7-15)20(25)23-13-16(19(22)24)12-14-8-10-17(21)11-9-14/h3-11,16,18H,2,12-13H2,1H3,(H2,22,24)(H,23,25)/t16-,18-/m0/s1. The zero-order chi connectivity index (χ0) is 18.2. The van der Waals surface area contributed by atoms with Crippen molar-refractivity contribution in [2.75, 3.05) is 6.54 Å². The molecule has 132 valence electrons. The minimum absolute atomic E-state index is 0.126. The molecule has 4 nitrogen and oxygen atoms in total. The molecule has 2 atom stereocenters. The molecule has 0 saturated carbocycles. The topological polar surface area (TPSA) is 72.2 Å². The van der Waals surface area contributed by atoms with E-state index >= 15 is 0 Å². The third kappa shape index (κ3) is 5.41. The summed E-state index contributed by atoms with van der Waals surface area (Å²) in [7, 11) is 0. The fourth-order valence-electron chi connectivity index (χ4n) is 2.78. The SMILES string of the molecule is CC[C@H](C(=O)NC[C@H](Cc1ccc(F)cc1)C(N)=O)c1ccccc1. The van der Waals surface area contributed by atoms with Gasteiger partial charge in [0.05, 0.1) is 11.8 Å². The molecule has 0 spiro atoms. The predicted molar refractivity (Wildman–Crippen MR) is 95.3 cm³/mol. The zero-order valence-electron chi connectivity index (χ0n) is 14.2. The van der Waals surface area contributed by atoms with E-state index in [-0.39, 0.29) is 24.2 Å². The Labute approximate surface area is 147 Å². The summed E-state index contributed by atoms with van der Waals surface area (Å²) in [5.74, 6) is -1.75. The number of carbonyl (C=O) groups is 2. The monoisotopic (exact) mass is 342 g/mol. The Bertz CT molecular complexity index is 701. The van der Waals surface area contributed by atoms with Crippen molar-refractivity contribution in [2.45, 2.75) is 25.7 Å². The van der Waals surface area contributed by atoms with Gasteiger partial charge in [0.2, 0.25) is 11.8 Å². The van der Waals surface area contributed by atoms with Crippen molar-refractivity contribution in [1.29, 1.82) is 0 Å². The maximum absolute atomic E-state index is 13.0. The fourth-order valence-corrected chi connectivity index (χ4v) is 2.78. The number of hydrogen-bond acceptors (Lipinski definition) is 2. The number of amides is 2. The molecule has 25 heavy (non-hydrogen) atoms. The van der Waals surface area contributed by atoms with Crippen LogP contribution in [0.5, 0.6) is 0 Å². The van der Waals surface area contributed by atoms with Crippen molar-refractivity contribution in [3.63, 3.8) is 0 Å². The van der Waals surface area contributed by atoms with Crippen molar-refractivity contribution in [3.05, 3.63) is 71.5 Å². The van der Waals surface area contributed by atoms with Gasteiger partial charge in [0.15, 0.2) is 0 Å². The van der Waals surface area contributed by atoms with E-state index in [0.717, 1.165) is 11.1 Å².